The molecule has 1 unspecified atom stereocenters. The second kappa shape index (κ2) is 6.88. The third-order valence-electron chi connectivity index (χ3n) is 3.13. The Kier molecular flexibility index (Phi) is 5.49. The Bertz CT molecular complexity index is 505. The maximum atomic E-state index is 13.2. The van der Waals surface area contributed by atoms with E-state index in [1.165, 1.54) is 17.0 Å². The molecule has 1 atom stereocenters. The summed E-state index contributed by atoms with van der Waals surface area (Å²) in [5.41, 5.74) is 1.05. The molecular formula is C14H19FN2O3. The summed E-state index contributed by atoms with van der Waals surface area (Å²) in [6, 6.07) is 3.29. The number of hydrogen-bond donors (Lipinski definition) is 2. The minimum absolute atomic E-state index is 0.222. The molecule has 0 radical (unpaired) electrons. The summed E-state index contributed by atoms with van der Waals surface area (Å²) >= 11 is 0. The molecule has 0 heterocycles. The number of rotatable bonds is 5. The lowest BCUT2D eigenvalue weighted by Crippen LogP contribution is -2.44. The quantitative estimate of drug-likeness (QED) is 0.872. The van der Waals surface area contributed by atoms with Crippen molar-refractivity contribution in [2.24, 2.45) is 0 Å². The zero-order valence-corrected chi connectivity index (χ0v) is 11.8. The van der Waals surface area contributed by atoms with Crippen LogP contribution in [0.3, 0.4) is 0 Å². The topological polar surface area (TPSA) is 69.6 Å². The first-order valence-corrected chi connectivity index (χ1v) is 6.40. The molecule has 0 spiro atoms. The highest BCUT2D eigenvalue weighted by atomic mass is 19.1. The van der Waals surface area contributed by atoms with Crippen LogP contribution < -0.4 is 5.32 Å². The van der Waals surface area contributed by atoms with Crippen LogP contribution in [0.15, 0.2) is 18.2 Å². The maximum Gasteiger partial charge on any atom is 0.323 e. The zero-order chi connectivity index (χ0) is 15.3. The smallest absolute Gasteiger partial charge is 0.323 e. The van der Waals surface area contributed by atoms with E-state index in [0.29, 0.717) is 17.7 Å². The summed E-state index contributed by atoms with van der Waals surface area (Å²) in [5.74, 6) is -1.55. The summed E-state index contributed by atoms with van der Waals surface area (Å²) in [6.07, 6.45) is 0.628. The Balaban J connectivity index is 2.90. The van der Waals surface area contributed by atoms with Crippen molar-refractivity contribution in [2.75, 3.05) is 11.9 Å². The molecule has 2 amide bonds. The monoisotopic (exact) mass is 282 g/mol. The summed E-state index contributed by atoms with van der Waals surface area (Å²) in [4.78, 5) is 24.2. The summed E-state index contributed by atoms with van der Waals surface area (Å²) in [7, 11) is 0. The van der Waals surface area contributed by atoms with Crippen LogP contribution in [0.2, 0.25) is 0 Å². The van der Waals surface area contributed by atoms with Gasteiger partial charge < -0.3 is 15.3 Å². The molecule has 0 aromatic heterocycles. The second-order valence-corrected chi connectivity index (χ2v) is 4.67. The molecule has 0 saturated carbocycles. The average molecular weight is 282 g/mol. The van der Waals surface area contributed by atoms with E-state index in [0.717, 1.165) is 0 Å². The first kappa shape index (κ1) is 15.9. The van der Waals surface area contributed by atoms with Crippen molar-refractivity contribution < 1.29 is 19.1 Å². The Morgan fingerprint density at radius 1 is 1.45 bits per heavy atom. The van der Waals surface area contributed by atoms with Gasteiger partial charge in [-0.05, 0) is 38.0 Å². The summed E-state index contributed by atoms with van der Waals surface area (Å²) in [6.45, 7) is 4.97. The lowest BCUT2D eigenvalue weighted by atomic mass is 10.2. The van der Waals surface area contributed by atoms with Crippen LogP contribution in [0.4, 0.5) is 14.9 Å². The molecule has 0 aliphatic rings. The van der Waals surface area contributed by atoms with Crippen LogP contribution >= 0.6 is 0 Å². The fraction of sp³-hybridized carbons (Fsp3) is 0.429. The van der Waals surface area contributed by atoms with Crippen LogP contribution in [-0.4, -0.2) is 34.6 Å². The molecule has 1 aromatic rings. The number of aryl methyl sites for hydroxylation is 1. The Hall–Kier alpha value is -2.11. The zero-order valence-electron chi connectivity index (χ0n) is 11.8. The lowest BCUT2D eigenvalue weighted by molar-refractivity contribution is -0.138. The third-order valence-corrected chi connectivity index (χ3v) is 3.13. The number of amides is 2. The van der Waals surface area contributed by atoms with Gasteiger partial charge in [0.2, 0.25) is 0 Å². The molecule has 0 aliphatic carbocycles. The number of halogens is 1. The molecule has 5 nitrogen and oxygen atoms in total. The van der Waals surface area contributed by atoms with Crippen LogP contribution in [0.5, 0.6) is 0 Å². The number of urea groups is 1. The van der Waals surface area contributed by atoms with Crippen molar-refractivity contribution in [3.05, 3.63) is 29.6 Å². The molecule has 110 valence electrons. The summed E-state index contributed by atoms with van der Waals surface area (Å²) < 4.78 is 13.2. The minimum Gasteiger partial charge on any atom is -0.480 e. The van der Waals surface area contributed by atoms with Gasteiger partial charge in [0.1, 0.15) is 12.4 Å². The van der Waals surface area contributed by atoms with Crippen LogP contribution in [0, 0.1) is 12.7 Å². The first-order valence-electron chi connectivity index (χ1n) is 6.40. The molecule has 1 aromatic carbocycles. The van der Waals surface area contributed by atoms with Gasteiger partial charge in [0, 0.05) is 11.7 Å². The van der Waals surface area contributed by atoms with Gasteiger partial charge in [-0.2, -0.15) is 0 Å². The summed E-state index contributed by atoms with van der Waals surface area (Å²) in [5, 5.41) is 11.4. The third kappa shape index (κ3) is 4.22. The van der Waals surface area contributed by atoms with Gasteiger partial charge in [-0.1, -0.05) is 13.0 Å². The number of carbonyl (C=O) groups excluding carboxylic acids is 1. The normalized spacial score (nSPS) is 11.8. The van der Waals surface area contributed by atoms with Gasteiger partial charge >= 0.3 is 12.0 Å². The van der Waals surface area contributed by atoms with E-state index in [1.807, 2.05) is 6.92 Å². The van der Waals surface area contributed by atoms with Gasteiger partial charge in [0.05, 0.1) is 0 Å². The van der Waals surface area contributed by atoms with E-state index < -0.39 is 24.4 Å². The maximum absolute atomic E-state index is 13.2. The van der Waals surface area contributed by atoms with E-state index in [9.17, 15) is 14.0 Å². The number of aliphatic carboxylic acids is 1. The van der Waals surface area contributed by atoms with Gasteiger partial charge in [-0.25, -0.2) is 9.18 Å². The lowest BCUT2D eigenvalue weighted by Gasteiger charge is -2.27. The number of nitrogens with one attached hydrogen (secondary N) is 1. The highest BCUT2D eigenvalue weighted by Crippen LogP contribution is 2.17. The number of hydrogen-bond acceptors (Lipinski definition) is 2. The van der Waals surface area contributed by atoms with Gasteiger partial charge in [-0.3, -0.25) is 4.79 Å². The van der Waals surface area contributed by atoms with E-state index in [2.05, 4.69) is 5.32 Å². The van der Waals surface area contributed by atoms with Crippen LogP contribution in [-0.2, 0) is 4.79 Å². The van der Waals surface area contributed by atoms with Gasteiger partial charge in [-0.15, -0.1) is 0 Å². The predicted molar refractivity (Wildman–Crippen MR) is 74.3 cm³/mol. The first-order chi connectivity index (χ1) is 9.35. The highest BCUT2D eigenvalue weighted by Gasteiger charge is 2.22. The SMILES string of the molecule is CCC(C)N(CC(=O)O)C(=O)Nc1cc(F)ccc1C. The fourth-order valence-electron chi connectivity index (χ4n) is 1.71. The molecule has 0 fully saturated rings. The number of carboxylic acid groups (broad SMARTS) is 1. The van der Waals surface area contributed by atoms with Crippen molar-refractivity contribution >= 4 is 17.7 Å². The van der Waals surface area contributed by atoms with Crippen LogP contribution in [0.25, 0.3) is 0 Å². The number of carboxylic acids is 1. The molecular weight excluding hydrogens is 263 g/mol. The van der Waals surface area contributed by atoms with Gasteiger partial charge in [0.15, 0.2) is 0 Å². The minimum atomic E-state index is -1.09. The number of anilines is 1. The van der Waals surface area contributed by atoms with Crippen molar-refractivity contribution in [3.63, 3.8) is 0 Å². The van der Waals surface area contributed by atoms with Gasteiger partial charge in [0.25, 0.3) is 0 Å². The van der Waals surface area contributed by atoms with Crippen LogP contribution in [0.1, 0.15) is 25.8 Å². The average Bonchev–Trinajstić information content (AvgIpc) is 2.39. The Labute approximate surface area is 117 Å². The van der Waals surface area contributed by atoms with Crippen molar-refractivity contribution in [3.8, 4) is 0 Å². The van der Waals surface area contributed by atoms with E-state index >= 15 is 0 Å². The fourth-order valence-corrected chi connectivity index (χ4v) is 1.71. The molecule has 20 heavy (non-hydrogen) atoms. The number of carbonyl (C=O) groups is 2. The Morgan fingerprint density at radius 2 is 2.10 bits per heavy atom. The molecule has 0 saturated heterocycles. The van der Waals surface area contributed by atoms with Crippen molar-refractivity contribution in [1.29, 1.82) is 0 Å². The highest BCUT2D eigenvalue weighted by molar-refractivity contribution is 5.92. The molecule has 2 N–H and O–H groups in total. The predicted octanol–water partition coefficient (Wildman–Crippen LogP) is 2.85. The molecule has 1 rings (SSSR count). The largest absolute Gasteiger partial charge is 0.480 e. The van der Waals surface area contributed by atoms with Crippen molar-refractivity contribution in [1.82, 2.24) is 4.90 Å². The van der Waals surface area contributed by atoms with E-state index in [1.54, 1.807) is 19.9 Å². The molecule has 0 bridgehead atoms. The Morgan fingerprint density at radius 3 is 2.65 bits per heavy atom. The van der Waals surface area contributed by atoms with E-state index in [-0.39, 0.29) is 6.04 Å². The van der Waals surface area contributed by atoms with Crippen molar-refractivity contribution in [2.45, 2.75) is 33.2 Å². The second-order valence-electron chi connectivity index (χ2n) is 4.67. The number of nitrogens with zero attached hydrogens (tertiary/aromatic N) is 1. The molecule has 0 aliphatic heterocycles. The standard InChI is InChI=1S/C14H19FN2O3/c1-4-10(3)17(8-13(18)19)14(20)16-12-7-11(15)6-5-9(12)2/h5-7,10H,4,8H2,1-3H3,(H,16,20)(H,18,19). The number of benzene rings is 1. The van der Waals surface area contributed by atoms with E-state index in [4.69, 9.17) is 5.11 Å². The molecule has 6 heteroatoms.